The Morgan fingerprint density at radius 2 is 0.800 bits per heavy atom. The minimum atomic E-state index is 0.887. The zero-order valence-electron chi connectivity index (χ0n) is 27.4. The fraction of sp³-hybridized carbons (Fsp3) is 0. The van der Waals surface area contributed by atoms with Gasteiger partial charge in [-0.3, -0.25) is 0 Å². The van der Waals surface area contributed by atoms with Gasteiger partial charge in [0.25, 0.3) is 0 Å². The van der Waals surface area contributed by atoms with Crippen molar-refractivity contribution >= 4 is 39.0 Å². The molecule has 2 heteroatoms. The van der Waals surface area contributed by atoms with Crippen molar-refractivity contribution in [1.82, 2.24) is 0 Å². The number of nitrogens with zero attached hydrogens (tertiary/aromatic N) is 1. The average molecular weight is 640 g/mol. The first-order valence-electron chi connectivity index (χ1n) is 17.0. The minimum Gasteiger partial charge on any atom is -0.456 e. The average Bonchev–Trinajstić information content (AvgIpc) is 3.57. The first kappa shape index (κ1) is 29.5. The van der Waals surface area contributed by atoms with Crippen molar-refractivity contribution < 1.29 is 4.42 Å². The van der Waals surface area contributed by atoms with Gasteiger partial charge in [0, 0.05) is 27.7 Å². The maximum atomic E-state index is 6.36. The van der Waals surface area contributed by atoms with E-state index in [-0.39, 0.29) is 0 Å². The van der Waals surface area contributed by atoms with Gasteiger partial charge < -0.3 is 9.32 Å². The molecule has 1 aromatic heterocycles. The highest BCUT2D eigenvalue weighted by Crippen LogP contribution is 2.46. The number of furan rings is 1. The lowest BCUT2D eigenvalue weighted by atomic mass is 9.91. The highest BCUT2D eigenvalue weighted by Gasteiger charge is 2.21. The van der Waals surface area contributed by atoms with Gasteiger partial charge >= 0.3 is 0 Å². The zero-order valence-corrected chi connectivity index (χ0v) is 27.4. The molecule has 9 aromatic rings. The van der Waals surface area contributed by atoms with E-state index in [1.54, 1.807) is 0 Å². The highest BCUT2D eigenvalue weighted by atomic mass is 16.3. The molecular weight excluding hydrogens is 607 g/mol. The molecule has 9 rings (SSSR count). The van der Waals surface area contributed by atoms with Gasteiger partial charge in [-0.1, -0.05) is 152 Å². The first-order valence-corrected chi connectivity index (χ1v) is 17.0. The van der Waals surface area contributed by atoms with Gasteiger partial charge in [-0.15, -0.1) is 0 Å². The molecule has 0 atom stereocenters. The lowest BCUT2D eigenvalue weighted by Crippen LogP contribution is -2.11. The lowest BCUT2D eigenvalue weighted by Gasteiger charge is -2.29. The summed E-state index contributed by atoms with van der Waals surface area (Å²) in [5, 5.41) is 2.26. The second-order valence-corrected chi connectivity index (χ2v) is 12.5. The SMILES string of the molecule is c1ccc(-c2ccc(N(c3ccc(-c4ccccc4)cc3)c3cccc(-c4ccc5c(c4)oc4ccccc45)c3-c3ccccc3)cc2)cc1. The summed E-state index contributed by atoms with van der Waals surface area (Å²) < 4.78 is 6.36. The molecule has 0 bridgehead atoms. The van der Waals surface area contributed by atoms with Crippen molar-refractivity contribution in [2.75, 3.05) is 4.90 Å². The van der Waals surface area contributed by atoms with Crippen molar-refractivity contribution in [3.8, 4) is 44.5 Å². The molecule has 0 aliphatic heterocycles. The van der Waals surface area contributed by atoms with E-state index in [9.17, 15) is 0 Å². The number of anilines is 3. The molecular formula is C48H33NO. The molecule has 0 saturated carbocycles. The van der Waals surface area contributed by atoms with Gasteiger partial charge in [-0.2, -0.15) is 0 Å². The molecule has 0 saturated heterocycles. The second kappa shape index (κ2) is 12.8. The van der Waals surface area contributed by atoms with E-state index in [0.717, 1.165) is 61.3 Å². The summed E-state index contributed by atoms with van der Waals surface area (Å²) in [6.07, 6.45) is 0. The van der Waals surface area contributed by atoms with Crippen LogP contribution in [0.3, 0.4) is 0 Å². The summed E-state index contributed by atoms with van der Waals surface area (Å²) >= 11 is 0. The molecule has 0 aliphatic carbocycles. The standard InChI is InChI=1S/C48H33NO/c1-4-13-34(14-5-1)36-23-28-40(29-24-36)49(41-30-25-37(26-31-41)35-15-6-2-7-16-35)45-21-12-20-42(48(45)38-17-8-3-9-18-38)39-27-32-44-43-19-10-11-22-46(43)50-47(44)33-39/h1-33H. The van der Waals surface area contributed by atoms with Crippen LogP contribution in [-0.4, -0.2) is 0 Å². The molecule has 0 fully saturated rings. The number of rotatable bonds is 7. The van der Waals surface area contributed by atoms with E-state index in [0.29, 0.717) is 0 Å². The summed E-state index contributed by atoms with van der Waals surface area (Å²) in [6, 6.07) is 71.1. The molecule has 0 radical (unpaired) electrons. The van der Waals surface area contributed by atoms with Crippen molar-refractivity contribution in [1.29, 1.82) is 0 Å². The van der Waals surface area contributed by atoms with Crippen molar-refractivity contribution in [3.63, 3.8) is 0 Å². The Morgan fingerprint density at radius 3 is 1.40 bits per heavy atom. The van der Waals surface area contributed by atoms with Gasteiger partial charge in [0.2, 0.25) is 0 Å². The van der Waals surface area contributed by atoms with Crippen LogP contribution in [0.1, 0.15) is 0 Å². The van der Waals surface area contributed by atoms with E-state index in [1.165, 1.54) is 22.3 Å². The van der Waals surface area contributed by atoms with Gasteiger partial charge in [-0.25, -0.2) is 0 Å². The third kappa shape index (κ3) is 5.43. The van der Waals surface area contributed by atoms with Crippen molar-refractivity contribution in [2.24, 2.45) is 0 Å². The van der Waals surface area contributed by atoms with E-state index in [1.807, 2.05) is 12.1 Å². The zero-order chi connectivity index (χ0) is 33.3. The Morgan fingerprint density at radius 1 is 0.320 bits per heavy atom. The van der Waals surface area contributed by atoms with Gasteiger partial charge in [0.15, 0.2) is 0 Å². The summed E-state index contributed by atoms with van der Waals surface area (Å²) in [7, 11) is 0. The molecule has 0 spiro atoms. The molecule has 1 heterocycles. The predicted molar refractivity (Wildman–Crippen MR) is 210 cm³/mol. The Kier molecular flexibility index (Phi) is 7.53. The van der Waals surface area contributed by atoms with Crippen LogP contribution in [0.5, 0.6) is 0 Å². The fourth-order valence-corrected chi connectivity index (χ4v) is 7.06. The number of para-hydroxylation sites is 1. The molecule has 0 N–H and O–H groups in total. The first-order chi connectivity index (χ1) is 24.8. The highest BCUT2D eigenvalue weighted by molar-refractivity contribution is 6.07. The maximum Gasteiger partial charge on any atom is 0.136 e. The summed E-state index contributed by atoms with van der Waals surface area (Å²) in [5.41, 5.74) is 14.4. The van der Waals surface area contributed by atoms with Gasteiger partial charge in [0.1, 0.15) is 11.2 Å². The van der Waals surface area contributed by atoms with E-state index in [2.05, 4.69) is 193 Å². The Hall–Kier alpha value is -6.64. The number of benzene rings is 8. The van der Waals surface area contributed by atoms with Gasteiger partial charge in [-0.05, 0) is 87.5 Å². The van der Waals surface area contributed by atoms with Crippen LogP contribution in [-0.2, 0) is 0 Å². The molecule has 0 unspecified atom stereocenters. The molecule has 236 valence electrons. The number of hydrogen-bond donors (Lipinski definition) is 0. The quantitative estimate of drug-likeness (QED) is 0.173. The molecule has 8 aromatic carbocycles. The predicted octanol–water partition coefficient (Wildman–Crippen LogP) is 13.7. The van der Waals surface area contributed by atoms with E-state index >= 15 is 0 Å². The van der Waals surface area contributed by atoms with E-state index in [4.69, 9.17) is 4.42 Å². The summed E-state index contributed by atoms with van der Waals surface area (Å²) in [6.45, 7) is 0. The van der Waals surface area contributed by atoms with Crippen LogP contribution in [0.4, 0.5) is 17.1 Å². The largest absolute Gasteiger partial charge is 0.456 e. The Bertz CT molecular complexity index is 2470. The van der Waals surface area contributed by atoms with E-state index < -0.39 is 0 Å². The molecule has 0 amide bonds. The van der Waals surface area contributed by atoms with Gasteiger partial charge in [0.05, 0.1) is 5.69 Å². The van der Waals surface area contributed by atoms with Crippen LogP contribution in [0, 0.1) is 0 Å². The van der Waals surface area contributed by atoms with Crippen LogP contribution >= 0.6 is 0 Å². The lowest BCUT2D eigenvalue weighted by molar-refractivity contribution is 0.669. The fourth-order valence-electron chi connectivity index (χ4n) is 7.06. The summed E-state index contributed by atoms with van der Waals surface area (Å²) in [5.74, 6) is 0. The van der Waals surface area contributed by atoms with Crippen molar-refractivity contribution in [3.05, 3.63) is 200 Å². The topological polar surface area (TPSA) is 16.4 Å². The molecule has 2 nitrogen and oxygen atoms in total. The monoisotopic (exact) mass is 639 g/mol. The smallest absolute Gasteiger partial charge is 0.136 e. The normalized spacial score (nSPS) is 11.2. The Labute approximate surface area is 292 Å². The molecule has 50 heavy (non-hydrogen) atoms. The van der Waals surface area contributed by atoms with Crippen molar-refractivity contribution in [2.45, 2.75) is 0 Å². The second-order valence-electron chi connectivity index (χ2n) is 12.5. The van der Waals surface area contributed by atoms with Crippen LogP contribution in [0.2, 0.25) is 0 Å². The third-order valence-corrected chi connectivity index (χ3v) is 9.50. The summed E-state index contributed by atoms with van der Waals surface area (Å²) in [4.78, 5) is 2.38. The Balaban J connectivity index is 1.24. The maximum absolute atomic E-state index is 6.36. The minimum absolute atomic E-state index is 0.887. The van der Waals surface area contributed by atoms with Crippen LogP contribution in [0.15, 0.2) is 205 Å². The number of fused-ring (bicyclic) bond motifs is 3. The number of hydrogen-bond acceptors (Lipinski definition) is 2. The third-order valence-electron chi connectivity index (χ3n) is 9.50. The molecule has 0 aliphatic rings. The van der Waals surface area contributed by atoms with Crippen LogP contribution in [0.25, 0.3) is 66.4 Å². The van der Waals surface area contributed by atoms with Crippen LogP contribution < -0.4 is 4.90 Å².